The van der Waals surface area contributed by atoms with Crippen LogP contribution in [0.25, 0.3) is 0 Å². The predicted molar refractivity (Wildman–Crippen MR) is 194 cm³/mol. The zero-order valence-electron chi connectivity index (χ0n) is 28.9. The van der Waals surface area contributed by atoms with Crippen molar-refractivity contribution in [1.82, 2.24) is 0 Å². The van der Waals surface area contributed by atoms with Crippen molar-refractivity contribution in [3.05, 3.63) is 0 Å². The van der Waals surface area contributed by atoms with Crippen molar-refractivity contribution in [2.45, 2.75) is 237 Å². The zero-order chi connectivity index (χ0) is 30.0. The highest BCUT2D eigenvalue weighted by Gasteiger charge is 2.15. The van der Waals surface area contributed by atoms with Crippen molar-refractivity contribution < 1.29 is 0 Å². The second-order valence-corrected chi connectivity index (χ2v) is 21.3. The Balaban J connectivity index is 3.04. The molecule has 248 valence electrons. The van der Waals surface area contributed by atoms with Crippen molar-refractivity contribution in [3.63, 3.8) is 0 Å². The van der Waals surface area contributed by atoms with Gasteiger partial charge >= 0.3 is 0 Å². The molecule has 0 rings (SSSR count). The van der Waals surface area contributed by atoms with Crippen LogP contribution in [0.15, 0.2) is 0 Å². The lowest BCUT2D eigenvalue weighted by Crippen LogP contribution is -2.14. The van der Waals surface area contributed by atoms with E-state index in [4.69, 9.17) is 16.8 Å². The fourth-order valence-corrected chi connectivity index (χ4v) is 7.84. The standard InChI is InChI=1S/C38H80ClNSi/c1-41(2,39)38-36-34-32-30-28-26-24-22-20-18-16-14-12-10-8-6-4-3-5-7-9-11-13-15-17-19-21-23-25-27-29-31-33-35-37-40/h3-38,40H2,1-2H3. The Hall–Kier alpha value is 0.467. The maximum atomic E-state index is 6.40. The maximum Gasteiger partial charge on any atom is 0.150 e. The van der Waals surface area contributed by atoms with Crippen molar-refractivity contribution in [2.24, 2.45) is 5.73 Å². The van der Waals surface area contributed by atoms with Crippen LogP contribution in [0.2, 0.25) is 19.1 Å². The van der Waals surface area contributed by atoms with E-state index in [1.807, 2.05) is 0 Å². The molecule has 0 unspecified atom stereocenters. The van der Waals surface area contributed by atoms with Crippen LogP contribution in [0.5, 0.6) is 0 Å². The molecule has 41 heavy (non-hydrogen) atoms. The fourth-order valence-electron chi connectivity index (χ4n) is 6.35. The van der Waals surface area contributed by atoms with Gasteiger partial charge in [0.15, 0.2) is 0 Å². The monoisotopic (exact) mass is 614 g/mol. The first-order valence-electron chi connectivity index (χ1n) is 19.5. The van der Waals surface area contributed by atoms with Crippen molar-refractivity contribution >= 4 is 18.5 Å². The Labute approximate surface area is 267 Å². The highest BCUT2D eigenvalue weighted by Crippen LogP contribution is 2.20. The maximum absolute atomic E-state index is 6.40. The number of unbranched alkanes of at least 4 members (excludes halogenated alkanes) is 33. The van der Waals surface area contributed by atoms with Crippen LogP contribution >= 0.6 is 11.1 Å². The van der Waals surface area contributed by atoms with Gasteiger partial charge in [0.1, 0.15) is 7.38 Å². The van der Waals surface area contributed by atoms with Gasteiger partial charge in [-0.3, -0.25) is 0 Å². The second-order valence-electron chi connectivity index (χ2n) is 14.3. The number of rotatable bonds is 36. The summed E-state index contributed by atoms with van der Waals surface area (Å²) in [5.41, 5.74) is 5.55. The van der Waals surface area contributed by atoms with Crippen LogP contribution in [0.3, 0.4) is 0 Å². The average Bonchev–Trinajstić information content (AvgIpc) is 2.94. The molecule has 0 saturated heterocycles. The van der Waals surface area contributed by atoms with Gasteiger partial charge in [-0.25, -0.2) is 0 Å². The lowest BCUT2D eigenvalue weighted by atomic mass is 10.0. The van der Waals surface area contributed by atoms with Crippen LogP contribution in [-0.2, 0) is 0 Å². The molecule has 0 aromatic heterocycles. The van der Waals surface area contributed by atoms with Crippen LogP contribution in [0.4, 0.5) is 0 Å². The Morgan fingerprint density at radius 3 is 0.585 bits per heavy atom. The lowest BCUT2D eigenvalue weighted by molar-refractivity contribution is 0.511. The molecule has 0 aromatic carbocycles. The van der Waals surface area contributed by atoms with E-state index in [0.717, 1.165) is 6.54 Å². The molecule has 0 aliphatic rings. The summed E-state index contributed by atoms with van der Waals surface area (Å²) in [5.74, 6) is 0. The molecule has 2 N–H and O–H groups in total. The van der Waals surface area contributed by atoms with Crippen LogP contribution < -0.4 is 5.73 Å². The van der Waals surface area contributed by atoms with Crippen molar-refractivity contribution in [3.8, 4) is 0 Å². The minimum atomic E-state index is -1.31. The third kappa shape index (κ3) is 40.5. The summed E-state index contributed by atoms with van der Waals surface area (Å²) in [6.07, 6.45) is 49.4. The molecular weight excluding hydrogens is 534 g/mol. The zero-order valence-corrected chi connectivity index (χ0v) is 30.7. The third-order valence-electron chi connectivity index (χ3n) is 9.23. The molecule has 0 spiro atoms. The van der Waals surface area contributed by atoms with Gasteiger partial charge in [-0.1, -0.05) is 225 Å². The summed E-state index contributed by atoms with van der Waals surface area (Å²) in [5, 5.41) is 0. The Kier molecular flexibility index (Phi) is 35.3. The molecule has 0 aliphatic heterocycles. The first-order valence-corrected chi connectivity index (χ1v) is 23.7. The molecule has 0 radical (unpaired) electrons. The molecule has 0 heterocycles. The first-order chi connectivity index (χ1) is 20.1. The summed E-state index contributed by atoms with van der Waals surface area (Å²) in [7, 11) is -1.31. The summed E-state index contributed by atoms with van der Waals surface area (Å²) in [6, 6.07) is 1.30. The number of nitrogens with two attached hydrogens (primary N) is 1. The highest BCUT2D eigenvalue weighted by atomic mass is 35.6. The van der Waals surface area contributed by atoms with Crippen molar-refractivity contribution in [2.75, 3.05) is 6.54 Å². The van der Waals surface area contributed by atoms with E-state index < -0.39 is 7.38 Å². The molecule has 0 saturated carbocycles. The predicted octanol–water partition coefficient (Wildman–Crippen LogP) is 14.7. The Morgan fingerprint density at radius 2 is 0.439 bits per heavy atom. The highest BCUT2D eigenvalue weighted by molar-refractivity contribution is 7.19. The Bertz CT molecular complexity index is 464. The van der Waals surface area contributed by atoms with Gasteiger partial charge in [-0.05, 0) is 19.0 Å². The summed E-state index contributed by atoms with van der Waals surface area (Å²) >= 11 is 6.40. The molecule has 3 heteroatoms. The van der Waals surface area contributed by atoms with Gasteiger partial charge in [0.2, 0.25) is 0 Å². The van der Waals surface area contributed by atoms with Crippen molar-refractivity contribution in [1.29, 1.82) is 0 Å². The molecule has 1 nitrogen and oxygen atoms in total. The third-order valence-corrected chi connectivity index (χ3v) is 11.3. The van der Waals surface area contributed by atoms with Gasteiger partial charge in [-0.2, -0.15) is 11.1 Å². The molecule has 0 aliphatic carbocycles. The first kappa shape index (κ1) is 41.5. The van der Waals surface area contributed by atoms with E-state index >= 15 is 0 Å². The van der Waals surface area contributed by atoms with Crippen LogP contribution in [0, 0.1) is 0 Å². The largest absolute Gasteiger partial charge is 0.330 e. The SMILES string of the molecule is C[Si](C)(Cl)CCCCCCCCCCCCCCCCCCCCCCCCCCCCCCCCCCCCN. The minimum absolute atomic E-state index is 0.873. The quantitative estimate of drug-likeness (QED) is 0.0424. The smallest absolute Gasteiger partial charge is 0.150 e. The van der Waals surface area contributed by atoms with E-state index in [2.05, 4.69) is 13.1 Å². The Morgan fingerprint density at radius 1 is 0.293 bits per heavy atom. The molecule has 0 amide bonds. The molecule has 0 bridgehead atoms. The molecular formula is C38H80ClNSi. The van der Waals surface area contributed by atoms with Gasteiger partial charge in [0.25, 0.3) is 0 Å². The van der Waals surface area contributed by atoms with E-state index in [0.29, 0.717) is 0 Å². The summed E-state index contributed by atoms with van der Waals surface area (Å²) in [6.45, 7) is 5.42. The van der Waals surface area contributed by atoms with Gasteiger partial charge in [-0.15, -0.1) is 0 Å². The topological polar surface area (TPSA) is 26.0 Å². The molecule has 0 atom stereocenters. The van der Waals surface area contributed by atoms with E-state index in [1.54, 1.807) is 0 Å². The van der Waals surface area contributed by atoms with E-state index in [1.165, 1.54) is 224 Å². The normalized spacial score (nSPS) is 12.0. The van der Waals surface area contributed by atoms with Crippen LogP contribution in [-0.4, -0.2) is 13.9 Å². The molecule has 0 fully saturated rings. The van der Waals surface area contributed by atoms with Gasteiger partial charge in [0, 0.05) is 0 Å². The number of halogens is 1. The number of hydrogen-bond donors (Lipinski definition) is 1. The lowest BCUT2D eigenvalue weighted by Gasteiger charge is -2.11. The summed E-state index contributed by atoms with van der Waals surface area (Å²) < 4.78 is 0. The average molecular weight is 615 g/mol. The molecule has 0 aromatic rings. The van der Waals surface area contributed by atoms with Crippen LogP contribution in [0.1, 0.15) is 218 Å². The van der Waals surface area contributed by atoms with Gasteiger partial charge in [0.05, 0.1) is 0 Å². The van der Waals surface area contributed by atoms with E-state index in [-0.39, 0.29) is 0 Å². The second kappa shape index (κ2) is 35.0. The number of hydrogen-bond acceptors (Lipinski definition) is 1. The minimum Gasteiger partial charge on any atom is -0.330 e. The summed E-state index contributed by atoms with van der Waals surface area (Å²) in [4.78, 5) is 0. The fraction of sp³-hybridized carbons (Fsp3) is 1.00. The van der Waals surface area contributed by atoms with E-state index in [9.17, 15) is 0 Å². The van der Waals surface area contributed by atoms with Gasteiger partial charge < -0.3 is 5.73 Å².